The monoisotopic (exact) mass is 982 g/mol. The van der Waals surface area contributed by atoms with Gasteiger partial charge in [0, 0.05) is 62.0 Å². The molecule has 1 aliphatic heterocycles. The topological polar surface area (TPSA) is 14.7 Å². The lowest BCUT2D eigenvalue weighted by molar-refractivity contribution is 0.748. The van der Waals surface area contributed by atoms with Gasteiger partial charge < -0.3 is 19.3 Å². The van der Waals surface area contributed by atoms with E-state index in [1.165, 1.54) is 72.0 Å². The van der Waals surface area contributed by atoms with Gasteiger partial charge in [0.05, 0.1) is 22.1 Å². The summed E-state index contributed by atoms with van der Waals surface area (Å²) >= 11 is 0. The second-order valence-corrected chi connectivity index (χ2v) is 20.1. The van der Waals surface area contributed by atoms with Crippen LogP contribution in [0.1, 0.15) is 22.3 Å². The molecule has 0 bridgehead atoms. The van der Waals surface area contributed by atoms with Crippen LogP contribution < -0.4 is 14.7 Å². The summed E-state index contributed by atoms with van der Waals surface area (Å²) < 4.78 is 2.53. The van der Waals surface area contributed by atoms with E-state index in [2.05, 4.69) is 323 Å². The van der Waals surface area contributed by atoms with Gasteiger partial charge in [-0.15, -0.1) is 0 Å². The molecule has 0 saturated heterocycles. The Kier molecular flexibility index (Phi) is 10.4. The Morgan fingerprint density at radius 1 is 0.247 bits per heavy atom. The van der Waals surface area contributed by atoms with E-state index in [-0.39, 0.29) is 0 Å². The summed E-state index contributed by atoms with van der Waals surface area (Å²) in [5.41, 5.74) is 22.6. The van der Waals surface area contributed by atoms with E-state index >= 15 is 0 Å². The second-order valence-electron chi connectivity index (χ2n) is 20.1. The lowest BCUT2D eigenvalue weighted by Gasteiger charge is -2.40. The molecule has 4 nitrogen and oxygen atoms in total. The molecule has 1 unspecified atom stereocenters. The van der Waals surface area contributed by atoms with Gasteiger partial charge in [0.1, 0.15) is 0 Å². The molecule has 2 aliphatic rings. The van der Waals surface area contributed by atoms with Crippen LogP contribution in [-0.2, 0) is 5.41 Å². The molecule has 1 aromatic heterocycles. The fourth-order valence-electron chi connectivity index (χ4n) is 12.7. The summed E-state index contributed by atoms with van der Waals surface area (Å²) in [7, 11) is 0. The summed E-state index contributed by atoms with van der Waals surface area (Å²) in [5.74, 6) is 0. The largest absolute Gasteiger partial charge is 0.311 e. The average molecular weight is 983 g/mol. The summed E-state index contributed by atoms with van der Waals surface area (Å²) in [4.78, 5) is 7.16. The van der Waals surface area contributed by atoms with Crippen molar-refractivity contribution in [2.75, 3.05) is 14.7 Å². The Morgan fingerprint density at radius 2 is 0.610 bits per heavy atom. The van der Waals surface area contributed by atoms with Crippen LogP contribution in [0.2, 0.25) is 0 Å². The smallest absolute Gasteiger partial charge is 0.0756 e. The molecule has 77 heavy (non-hydrogen) atoms. The number of hydrogen-bond acceptors (Lipinski definition) is 3. The minimum atomic E-state index is -0.714. The average Bonchev–Trinajstić information content (AvgIpc) is 3.40. The molecule has 0 amide bonds. The van der Waals surface area contributed by atoms with Crippen molar-refractivity contribution in [2.45, 2.75) is 5.41 Å². The predicted molar refractivity (Wildman–Crippen MR) is 321 cm³/mol. The van der Waals surface area contributed by atoms with Gasteiger partial charge in [-0.25, -0.2) is 0 Å². The molecule has 1 atom stereocenters. The van der Waals surface area contributed by atoms with Crippen LogP contribution in [0.5, 0.6) is 0 Å². The third-order valence-electron chi connectivity index (χ3n) is 15.9. The molecule has 362 valence electrons. The Morgan fingerprint density at radius 3 is 1.13 bits per heavy atom. The maximum Gasteiger partial charge on any atom is 0.0756 e. The van der Waals surface area contributed by atoms with Crippen molar-refractivity contribution in [3.8, 4) is 27.9 Å². The lowest BCUT2D eigenvalue weighted by Crippen LogP contribution is -2.33. The first-order valence-electron chi connectivity index (χ1n) is 26.5. The van der Waals surface area contributed by atoms with Crippen molar-refractivity contribution < 1.29 is 0 Å². The van der Waals surface area contributed by atoms with Gasteiger partial charge in [0.25, 0.3) is 0 Å². The summed E-state index contributed by atoms with van der Waals surface area (Å²) in [5, 5.41) is 2.51. The Balaban J connectivity index is 0.960. The van der Waals surface area contributed by atoms with Crippen molar-refractivity contribution in [3.05, 3.63) is 326 Å². The predicted octanol–water partition coefficient (Wildman–Crippen LogP) is 19.5. The highest BCUT2D eigenvalue weighted by Gasteiger charge is 2.51. The standard InChI is InChI=1S/C73H50N4/c1-6-21-51(22-7-1)52-37-39-57(40-38-52)75(55-27-12-4-13-28-55)60-45-47-62-63-48-46-61(76(56-29-14-5-15-30-56)59-43-41-58(42-44-59)74(53-23-8-2-9-24-53)54-25-10-3-11-26-54)50-69(63)73(68(62)49-60)66-33-17-19-36-71(66)77-70-35-18-16-31-64(70)65-32-20-34-67(73)72(65)77/h1-50H. The molecule has 2 heterocycles. The van der Waals surface area contributed by atoms with Gasteiger partial charge in [-0.05, 0) is 166 Å². The summed E-state index contributed by atoms with van der Waals surface area (Å²) in [6.07, 6.45) is 0. The summed E-state index contributed by atoms with van der Waals surface area (Å²) in [6, 6.07) is 111. The van der Waals surface area contributed by atoms with E-state index in [9.17, 15) is 0 Å². The van der Waals surface area contributed by atoms with Gasteiger partial charge in [0.15, 0.2) is 0 Å². The zero-order valence-electron chi connectivity index (χ0n) is 42.2. The van der Waals surface area contributed by atoms with Crippen molar-refractivity contribution in [1.82, 2.24) is 4.57 Å². The third-order valence-corrected chi connectivity index (χ3v) is 15.9. The molecular weight excluding hydrogens is 933 g/mol. The van der Waals surface area contributed by atoms with Crippen LogP contribution in [-0.4, -0.2) is 4.57 Å². The second kappa shape index (κ2) is 18.0. The van der Waals surface area contributed by atoms with Crippen LogP contribution >= 0.6 is 0 Å². The van der Waals surface area contributed by atoms with Crippen molar-refractivity contribution >= 4 is 73.0 Å². The van der Waals surface area contributed by atoms with Crippen LogP contribution in [0.15, 0.2) is 303 Å². The Bertz CT molecular complexity index is 4270. The van der Waals surface area contributed by atoms with Crippen molar-refractivity contribution in [3.63, 3.8) is 0 Å². The molecule has 0 N–H and O–H groups in total. The number of aromatic nitrogens is 1. The molecule has 0 radical (unpaired) electrons. The number of hydrogen-bond donors (Lipinski definition) is 0. The quantitative estimate of drug-likeness (QED) is 0.136. The van der Waals surface area contributed by atoms with E-state index in [0.717, 1.165) is 51.2 Å². The van der Waals surface area contributed by atoms with Crippen LogP contribution in [0, 0.1) is 0 Å². The third kappa shape index (κ3) is 7.00. The SMILES string of the molecule is c1ccc(-c2ccc(N(c3ccccc3)c3ccc4c(c3)C3(c5cc(N(c6ccccc6)c6ccc(N(c7ccccc7)c7ccccc7)cc6)ccc5-4)c4ccccc4-n4c5ccccc5c5cccc3c54)cc2)cc1. The normalized spacial score (nSPS) is 13.8. The summed E-state index contributed by atoms with van der Waals surface area (Å²) in [6.45, 7) is 0. The number of rotatable bonds is 10. The number of nitrogens with zero attached hydrogens (tertiary/aromatic N) is 4. The van der Waals surface area contributed by atoms with Gasteiger partial charge in [-0.1, -0.05) is 182 Å². The van der Waals surface area contributed by atoms with Gasteiger partial charge in [-0.3, -0.25) is 0 Å². The zero-order chi connectivity index (χ0) is 50.9. The first-order chi connectivity index (χ1) is 38.2. The minimum Gasteiger partial charge on any atom is -0.311 e. The highest BCUT2D eigenvalue weighted by Crippen LogP contribution is 2.62. The molecule has 15 rings (SSSR count). The molecule has 0 saturated carbocycles. The molecule has 1 spiro atoms. The Labute approximate surface area is 448 Å². The van der Waals surface area contributed by atoms with Gasteiger partial charge in [0.2, 0.25) is 0 Å². The number of para-hydroxylation sites is 7. The molecule has 4 heteroatoms. The number of anilines is 9. The molecule has 0 fully saturated rings. The van der Waals surface area contributed by atoms with E-state index < -0.39 is 5.41 Å². The van der Waals surface area contributed by atoms with E-state index in [1.54, 1.807) is 0 Å². The highest BCUT2D eigenvalue weighted by atomic mass is 15.2. The molecule has 1 aliphatic carbocycles. The number of fused-ring (bicyclic) bond motifs is 12. The van der Waals surface area contributed by atoms with Crippen LogP contribution in [0.25, 0.3) is 49.7 Å². The zero-order valence-corrected chi connectivity index (χ0v) is 42.2. The van der Waals surface area contributed by atoms with Crippen LogP contribution in [0.4, 0.5) is 51.2 Å². The first-order valence-corrected chi connectivity index (χ1v) is 26.5. The Hall–Kier alpha value is -10.2. The first kappa shape index (κ1) is 44.3. The fraction of sp³-hybridized carbons (Fsp3) is 0.0137. The number of benzene rings is 12. The lowest BCUT2D eigenvalue weighted by atomic mass is 9.65. The van der Waals surface area contributed by atoms with E-state index in [1.807, 2.05) is 0 Å². The van der Waals surface area contributed by atoms with Gasteiger partial charge in [-0.2, -0.15) is 0 Å². The van der Waals surface area contributed by atoms with Crippen molar-refractivity contribution in [2.24, 2.45) is 0 Å². The van der Waals surface area contributed by atoms with E-state index in [0.29, 0.717) is 0 Å². The highest BCUT2D eigenvalue weighted by molar-refractivity contribution is 6.13. The molecule has 12 aromatic carbocycles. The maximum absolute atomic E-state index is 2.53. The molecular formula is C73H50N4. The van der Waals surface area contributed by atoms with Crippen molar-refractivity contribution in [1.29, 1.82) is 0 Å². The van der Waals surface area contributed by atoms with Crippen LogP contribution in [0.3, 0.4) is 0 Å². The maximum atomic E-state index is 2.53. The minimum absolute atomic E-state index is 0.714. The van der Waals surface area contributed by atoms with Gasteiger partial charge >= 0.3 is 0 Å². The fourth-order valence-corrected chi connectivity index (χ4v) is 12.7. The van der Waals surface area contributed by atoms with E-state index in [4.69, 9.17) is 0 Å². The molecule has 13 aromatic rings.